The van der Waals surface area contributed by atoms with Crippen molar-refractivity contribution in [2.24, 2.45) is 0 Å². The van der Waals surface area contributed by atoms with Crippen molar-refractivity contribution in [1.82, 2.24) is 9.97 Å². The van der Waals surface area contributed by atoms with E-state index in [4.69, 9.17) is 9.72 Å². The van der Waals surface area contributed by atoms with Crippen LogP contribution in [-0.2, 0) is 10.2 Å². The molecule has 0 saturated heterocycles. The highest BCUT2D eigenvalue weighted by atomic mass is 16.5. The van der Waals surface area contributed by atoms with Crippen LogP contribution in [0.25, 0.3) is 22.4 Å². The van der Waals surface area contributed by atoms with Crippen molar-refractivity contribution < 1.29 is 9.53 Å². The van der Waals surface area contributed by atoms with Gasteiger partial charge in [-0.3, -0.25) is 4.79 Å². The van der Waals surface area contributed by atoms with Gasteiger partial charge in [0.15, 0.2) is 0 Å². The van der Waals surface area contributed by atoms with Crippen molar-refractivity contribution in [3.63, 3.8) is 0 Å². The zero-order valence-corrected chi connectivity index (χ0v) is 14.9. The summed E-state index contributed by atoms with van der Waals surface area (Å²) in [6, 6.07) is 12.0. The summed E-state index contributed by atoms with van der Waals surface area (Å²) in [6.45, 7) is 4.23. The van der Waals surface area contributed by atoms with Gasteiger partial charge in [-0.2, -0.15) is 0 Å². The molecule has 128 valence electrons. The summed E-state index contributed by atoms with van der Waals surface area (Å²) in [5, 5.41) is 0. The number of hydrogen-bond acceptors (Lipinski definition) is 3. The predicted molar refractivity (Wildman–Crippen MR) is 99.1 cm³/mol. The van der Waals surface area contributed by atoms with Crippen molar-refractivity contribution in [3.05, 3.63) is 42.0 Å². The summed E-state index contributed by atoms with van der Waals surface area (Å²) in [7, 11) is 3.49. The molecule has 0 spiro atoms. The standard InChI is InChI=1S/C20H21N3O2/c1-20(2)11-17(24)23(3)15-9-8-12(10-13(15)20)19-21-14-6-5-7-16(25-4)18(14)22-19/h5-10H,11H2,1-4H3,(H,21,22). The van der Waals surface area contributed by atoms with Gasteiger partial charge < -0.3 is 14.6 Å². The van der Waals surface area contributed by atoms with E-state index in [-0.39, 0.29) is 11.3 Å². The zero-order valence-electron chi connectivity index (χ0n) is 14.9. The summed E-state index contributed by atoms with van der Waals surface area (Å²) in [5.41, 5.74) is 4.72. The van der Waals surface area contributed by atoms with Crippen molar-refractivity contribution in [2.75, 3.05) is 19.1 Å². The van der Waals surface area contributed by atoms with Gasteiger partial charge in [0.05, 0.1) is 12.6 Å². The third-order valence-corrected chi connectivity index (χ3v) is 5.02. The van der Waals surface area contributed by atoms with Crippen LogP contribution in [0.3, 0.4) is 0 Å². The highest BCUT2D eigenvalue weighted by Crippen LogP contribution is 2.41. The molecule has 1 N–H and O–H groups in total. The molecule has 1 aromatic heterocycles. The topological polar surface area (TPSA) is 58.2 Å². The van der Waals surface area contributed by atoms with Crippen LogP contribution in [-0.4, -0.2) is 30.0 Å². The Hall–Kier alpha value is -2.82. The van der Waals surface area contributed by atoms with Crippen LogP contribution in [0.4, 0.5) is 5.69 Å². The van der Waals surface area contributed by atoms with Crippen LogP contribution < -0.4 is 9.64 Å². The number of carbonyl (C=O) groups is 1. The maximum atomic E-state index is 12.2. The van der Waals surface area contributed by atoms with E-state index >= 15 is 0 Å². The molecule has 2 heterocycles. The number of methoxy groups -OCH3 is 1. The van der Waals surface area contributed by atoms with Gasteiger partial charge in [-0.25, -0.2) is 4.98 Å². The molecule has 1 aliphatic heterocycles. The first-order valence-electron chi connectivity index (χ1n) is 8.35. The van der Waals surface area contributed by atoms with Crippen molar-refractivity contribution in [1.29, 1.82) is 0 Å². The molecule has 25 heavy (non-hydrogen) atoms. The molecule has 0 atom stereocenters. The molecule has 3 aromatic rings. The number of hydrogen-bond donors (Lipinski definition) is 1. The summed E-state index contributed by atoms with van der Waals surface area (Å²) >= 11 is 0. The van der Waals surface area contributed by atoms with Crippen LogP contribution in [0.1, 0.15) is 25.8 Å². The number of rotatable bonds is 2. The van der Waals surface area contributed by atoms with Crippen molar-refractivity contribution >= 4 is 22.6 Å². The second kappa shape index (κ2) is 5.34. The third kappa shape index (κ3) is 2.38. The van der Waals surface area contributed by atoms with E-state index in [1.165, 1.54) is 5.56 Å². The maximum Gasteiger partial charge on any atom is 0.227 e. The Bertz CT molecular complexity index is 988. The summed E-state index contributed by atoms with van der Waals surface area (Å²) in [5.74, 6) is 1.71. The third-order valence-electron chi connectivity index (χ3n) is 5.02. The van der Waals surface area contributed by atoms with E-state index in [0.29, 0.717) is 6.42 Å². The first-order valence-corrected chi connectivity index (χ1v) is 8.35. The van der Waals surface area contributed by atoms with Gasteiger partial charge in [0.25, 0.3) is 0 Å². The normalized spacial score (nSPS) is 16.2. The van der Waals surface area contributed by atoms with Gasteiger partial charge in [-0.15, -0.1) is 0 Å². The second-order valence-electron chi connectivity index (χ2n) is 7.19. The number of imidazole rings is 1. The fourth-order valence-electron chi connectivity index (χ4n) is 3.55. The molecule has 0 bridgehead atoms. The lowest BCUT2D eigenvalue weighted by atomic mass is 9.77. The smallest absolute Gasteiger partial charge is 0.227 e. The van der Waals surface area contributed by atoms with Crippen molar-refractivity contribution in [3.8, 4) is 17.1 Å². The molecular formula is C20H21N3O2. The van der Waals surface area contributed by atoms with Crippen LogP contribution in [0.5, 0.6) is 5.75 Å². The number of H-pyrrole nitrogens is 1. The molecule has 0 unspecified atom stereocenters. The number of nitrogens with one attached hydrogen (secondary N) is 1. The number of carbonyl (C=O) groups excluding carboxylic acids is 1. The number of nitrogens with zero attached hydrogens (tertiary/aromatic N) is 2. The summed E-state index contributed by atoms with van der Waals surface area (Å²) in [4.78, 5) is 22.0. The van der Waals surface area contributed by atoms with E-state index in [2.05, 4.69) is 24.9 Å². The fourth-order valence-corrected chi connectivity index (χ4v) is 3.55. The SMILES string of the molecule is COc1cccc2[nH]c(-c3ccc4c(c3)C(C)(C)CC(=O)N4C)nc12. The van der Waals surface area contributed by atoms with Gasteiger partial charge in [0, 0.05) is 30.1 Å². The number of aromatic amines is 1. The zero-order chi connectivity index (χ0) is 17.8. The largest absolute Gasteiger partial charge is 0.494 e. The number of para-hydroxylation sites is 1. The number of aromatic nitrogens is 2. The molecule has 0 radical (unpaired) electrons. The molecule has 1 aliphatic rings. The predicted octanol–water partition coefficient (Wildman–Crippen LogP) is 3.88. The maximum absolute atomic E-state index is 12.2. The molecule has 1 amide bonds. The number of benzene rings is 2. The average Bonchev–Trinajstić information content (AvgIpc) is 3.03. The fraction of sp³-hybridized carbons (Fsp3) is 0.300. The molecule has 5 nitrogen and oxygen atoms in total. The van der Waals surface area contributed by atoms with Gasteiger partial charge in [-0.1, -0.05) is 19.9 Å². The van der Waals surface area contributed by atoms with Gasteiger partial charge >= 0.3 is 0 Å². The molecule has 0 fully saturated rings. The van der Waals surface area contributed by atoms with Crippen LogP contribution in [0.2, 0.25) is 0 Å². The lowest BCUT2D eigenvalue weighted by Gasteiger charge is -2.37. The lowest BCUT2D eigenvalue weighted by molar-refractivity contribution is -0.119. The number of fused-ring (bicyclic) bond motifs is 2. The Kier molecular flexibility index (Phi) is 3.35. The van der Waals surface area contributed by atoms with E-state index < -0.39 is 0 Å². The van der Waals surface area contributed by atoms with Gasteiger partial charge in [0.1, 0.15) is 17.1 Å². The minimum Gasteiger partial charge on any atom is -0.494 e. The highest BCUT2D eigenvalue weighted by Gasteiger charge is 2.35. The van der Waals surface area contributed by atoms with E-state index in [9.17, 15) is 4.79 Å². The van der Waals surface area contributed by atoms with E-state index in [1.807, 2.05) is 37.4 Å². The Balaban J connectivity index is 1.87. The minimum absolute atomic E-state index is 0.152. The molecule has 0 saturated carbocycles. The van der Waals surface area contributed by atoms with Crippen LogP contribution in [0.15, 0.2) is 36.4 Å². The monoisotopic (exact) mass is 335 g/mol. The summed E-state index contributed by atoms with van der Waals surface area (Å²) in [6.07, 6.45) is 0.508. The van der Waals surface area contributed by atoms with Gasteiger partial charge in [0.2, 0.25) is 5.91 Å². The Labute approximate surface area is 146 Å². The van der Waals surface area contributed by atoms with Crippen molar-refractivity contribution in [2.45, 2.75) is 25.7 Å². The highest BCUT2D eigenvalue weighted by molar-refractivity contribution is 5.98. The Morgan fingerprint density at radius 2 is 2.04 bits per heavy atom. The lowest BCUT2D eigenvalue weighted by Crippen LogP contribution is -2.39. The van der Waals surface area contributed by atoms with Gasteiger partial charge in [-0.05, 0) is 35.9 Å². The molecule has 2 aromatic carbocycles. The Morgan fingerprint density at radius 1 is 1.24 bits per heavy atom. The number of ether oxygens (including phenoxy) is 1. The van der Waals surface area contributed by atoms with Crippen LogP contribution >= 0.6 is 0 Å². The Morgan fingerprint density at radius 3 is 2.80 bits per heavy atom. The quantitative estimate of drug-likeness (QED) is 0.773. The molecule has 5 heteroatoms. The number of anilines is 1. The minimum atomic E-state index is -0.196. The second-order valence-corrected chi connectivity index (χ2v) is 7.19. The molecule has 4 rings (SSSR count). The summed E-state index contributed by atoms with van der Waals surface area (Å²) < 4.78 is 5.40. The first-order chi connectivity index (χ1) is 11.9. The van der Waals surface area contributed by atoms with E-state index in [1.54, 1.807) is 12.0 Å². The van der Waals surface area contributed by atoms with Crippen LogP contribution in [0, 0.1) is 0 Å². The van der Waals surface area contributed by atoms with E-state index in [0.717, 1.165) is 33.9 Å². The molecular weight excluding hydrogens is 314 g/mol. The first kappa shape index (κ1) is 15.7. The molecule has 0 aliphatic carbocycles. The average molecular weight is 335 g/mol. The number of amides is 1.